The van der Waals surface area contributed by atoms with Crippen molar-refractivity contribution < 1.29 is 55.4 Å². The molecule has 8 atom stereocenters. The molecule has 5 heterocycles. The summed E-state index contributed by atoms with van der Waals surface area (Å²) in [6.07, 6.45) is 10.1. The largest absolute Gasteiger partial charge is 0.471 e. The molecule has 19 heteroatoms. The molecule has 3 saturated carbocycles. The average Bonchev–Trinajstić information content (AvgIpc) is 4.25. The molecule has 14 nitrogen and oxygen atoms in total. The summed E-state index contributed by atoms with van der Waals surface area (Å²) in [5, 5.41) is 7.42. The first-order chi connectivity index (χ1) is 36.0. The van der Waals surface area contributed by atoms with Crippen LogP contribution in [0.15, 0.2) is 48.8 Å². The second kappa shape index (κ2) is 21.9. The number of carbonyl (C=O) groups excluding carboxylic acids is 5. The van der Waals surface area contributed by atoms with Crippen molar-refractivity contribution >= 4 is 51.7 Å². The van der Waals surface area contributed by atoms with Crippen molar-refractivity contribution in [3.8, 4) is 0 Å². The van der Waals surface area contributed by atoms with Crippen LogP contribution in [0.2, 0.25) is 0 Å². The van der Waals surface area contributed by atoms with Gasteiger partial charge in [0.2, 0.25) is 11.8 Å². The predicted molar refractivity (Wildman–Crippen MR) is 276 cm³/mol. The highest BCUT2D eigenvalue weighted by Crippen LogP contribution is 2.49. The number of benzene rings is 2. The van der Waals surface area contributed by atoms with Crippen molar-refractivity contribution in [2.24, 2.45) is 17.8 Å². The number of hydrogen-bond donors (Lipinski definition) is 4. The zero-order valence-electron chi connectivity index (χ0n) is 44.5. The van der Waals surface area contributed by atoms with Gasteiger partial charge in [-0.3, -0.25) is 14.4 Å². The van der Waals surface area contributed by atoms with Gasteiger partial charge >= 0.3 is 24.3 Å². The number of carbonyl (C=O) groups is 5. The molecule has 3 aliphatic carbocycles. The zero-order valence-corrected chi connectivity index (χ0v) is 44.5. The van der Waals surface area contributed by atoms with E-state index in [1.54, 1.807) is 37.9 Å². The van der Waals surface area contributed by atoms with Gasteiger partial charge in [0.1, 0.15) is 34.9 Å². The van der Waals surface area contributed by atoms with E-state index in [0.29, 0.717) is 22.4 Å². The van der Waals surface area contributed by atoms with Crippen LogP contribution in [-0.2, 0) is 23.9 Å². The van der Waals surface area contributed by atoms with Crippen LogP contribution in [0, 0.1) is 29.4 Å². The monoisotopic (exact) mass is 1060 g/mol. The average molecular weight is 1060 g/mol. The maximum absolute atomic E-state index is 14.3. The van der Waals surface area contributed by atoms with E-state index in [1.807, 2.05) is 33.0 Å². The summed E-state index contributed by atoms with van der Waals surface area (Å²) >= 11 is 0. The number of fused-ring (bicyclic) bond motifs is 4. The van der Waals surface area contributed by atoms with E-state index in [-0.39, 0.29) is 60.9 Å². The Morgan fingerprint density at radius 3 is 1.51 bits per heavy atom. The van der Waals surface area contributed by atoms with E-state index in [0.717, 1.165) is 99.4 Å². The van der Waals surface area contributed by atoms with E-state index in [9.17, 15) is 45.9 Å². The standard InChI is InChI=1S/C29H36F4N4O4.C28H38FN3O3/c1-28(2,3)41-27(40)35-23(16-7-5-4-6-8-16)25(38)36-12-11-22-24(36)20(15-37(22)26(39)29(31,32)33)19-14-34-21-13-17(30)9-10-18(19)21;1-28(2,3)35-27(34)31-24(17-7-5-4-6-8-17)26(33)32-14-13-18-9-11-21(25(18)32)22-16-30-23-15-19(29)10-12-20(22)23/h9-10,13-14,16,20,22-24,34H,4-8,11-12,15H2,1-3H3,(H,35,40);10,12,15-18,21,24-25,30H,4-9,11,13-14H2,1-3H3,(H,31,34)/t20-,22-,23+,24-;18-,21-,24+,25+/m11/s1. The lowest BCUT2D eigenvalue weighted by atomic mass is 9.83. The van der Waals surface area contributed by atoms with Gasteiger partial charge in [-0.15, -0.1) is 0 Å². The van der Waals surface area contributed by atoms with Crippen molar-refractivity contribution in [3.05, 3.63) is 71.6 Å². The van der Waals surface area contributed by atoms with Crippen LogP contribution in [-0.4, -0.2) is 122 Å². The molecule has 5 amide bonds. The quantitative estimate of drug-likeness (QED) is 0.127. The molecular formula is C57H74F5N7O7. The van der Waals surface area contributed by atoms with Gasteiger partial charge in [0.25, 0.3) is 0 Å². The van der Waals surface area contributed by atoms with Gasteiger partial charge in [-0.25, -0.2) is 18.4 Å². The third-order valence-electron chi connectivity index (χ3n) is 16.8. The minimum Gasteiger partial charge on any atom is -0.444 e. The second-order valence-corrected chi connectivity index (χ2v) is 24.1. The summed E-state index contributed by atoms with van der Waals surface area (Å²) in [6, 6.07) is 6.06. The molecule has 3 saturated heterocycles. The summed E-state index contributed by atoms with van der Waals surface area (Å²) in [5.41, 5.74) is 1.65. The zero-order chi connectivity index (χ0) is 54.4. The number of alkyl carbamates (subject to hydrolysis) is 2. The Hall–Kier alpha value is -5.88. The van der Waals surface area contributed by atoms with E-state index in [1.165, 1.54) is 36.2 Å². The number of likely N-dealkylation sites (tertiary alicyclic amines) is 3. The van der Waals surface area contributed by atoms with Crippen molar-refractivity contribution in [2.75, 3.05) is 19.6 Å². The minimum atomic E-state index is -5.07. The van der Waals surface area contributed by atoms with Gasteiger partial charge in [0, 0.05) is 71.7 Å². The predicted octanol–water partition coefficient (Wildman–Crippen LogP) is 11.1. The molecule has 0 unspecified atom stereocenters. The molecule has 6 aliphatic rings. The summed E-state index contributed by atoms with van der Waals surface area (Å²) < 4.78 is 79.6. The van der Waals surface area contributed by atoms with Crippen LogP contribution in [0.5, 0.6) is 0 Å². The number of aromatic amines is 2. The molecule has 2 aromatic carbocycles. The lowest BCUT2D eigenvalue weighted by Gasteiger charge is -2.36. The van der Waals surface area contributed by atoms with Crippen LogP contribution in [0.25, 0.3) is 21.8 Å². The smallest absolute Gasteiger partial charge is 0.444 e. The number of ether oxygens (including phenoxy) is 2. The van der Waals surface area contributed by atoms with Crippen LogP contribution >= 0.6 is 0 Å². The van der Waals surface area contributed by atoms with Crippen molar-refractivity contribution in [1.82, 2.24) is 35.3 Å². The Morgan fingerprint density at radius 2 is 1.04 bits per heavy atom. The molecule has 3 aliphatic heterocycles. The Morgan fingerprint density at radius 1 is 0.579 bits per heavy atom. The second-order valence-electron chi connectivity index (χ2n) is 24.1. The van der Waals surface area contributed by atoms with E-state index < -0.39 is 71.4 Å². The SMILES string of the molecule is CC(C)(C)OC(=O)N[C@H](C(=O)N1CC[C@@H]2[C@H]1[C@@H](c1c[nH]c3cc(F)ccc13)CN2C(=O)C(F)(F)F)C1CCCCC1.CC(C)(C)OC(=O)N[C@H](C(=O)N1CC[C@H]2CC[C@H](c3c[nH]c4cc(F)ccc34)[C@H]21)C1CCCCC1. The van der Waals surface area contributed by atoms with Gasteiger partial charge in [-0.1, -0.05) is 38.5 Å². The number of alkyl halides is 3. The number of H-pyrrole nitrogens is 2. The number of nitrogens with one attached hydrogen (secondary N) is 4. The molecule has 4 N–H and O–H groups in total. The topological polar surface area (TPSA) is 169 Å². The third kappa shape index (κ3) is 11.8. The maximum atomic E-state index is 14.3. The fraction of sp³-hybridized carbons (Fsp3) is 0.632. The van der Waals surface area contributed by atoms with Gasteiger partial charge in [-0.2, -0.15) is 13.2 Å². The molecular weight excluding hydrogens is 990 g/mol. The number of halogens is 5. The van der Waals surface area contributed by atoms with Crippen LogP contribution in [0.4, 0.5) is 31.5 Å². The summed E-state index contributed by atoms with van der Waals surface area (Å²) in [7, 11) is 0. The molecule has 0 radical (unpaired) electrons. The molecule has 0 bridgehead atoms. The maximum Gasteiger partial charge on any atom is 0.471 e. The number of aromatic nitrogens is 2. The van der Waals surface area contributed by atoms with Crippen molar-refractivity contribution in [2.45, 2.75) is 191 Å². The Balaban J connectivity index is 0.000000188. The third-order valence-corrected chi connectivity index (χ3v) is 16.8. The van der Waals surface area contributed by atoms with E-state index >= 15 is 0 Å². The lowest BCUT2D eigenvalue weighted by Crippen LogP contribution is -2.55. The molecule has 10 rings (SSSR count). The molecule has 2 aromatic heterocycles. The highest BCUT2D eigenvalue weighted by atomic mass is 19.4. The first-order valence-electron chi connectivity index (χ1n) is 27.5. The number of amides is 5. The van der Waals surface area contributed by atoms with Gasteiger partial charge in [0.15, 0.2) is 0 Å². The molecule has 4 aromatic rings. The molecule has 414 valence electrons. The molecule has 6 fully saturated rings. The number of nitrogens with zero attached hydrogens (tertiary/aromatic N) is 3. The van der Waals surface area contributed by atoms with E-state index in [2.05, 4.69) is 25.5 Å². The first kappa shape index (κ1) is 54.9. The normalized spacial score (nSPS) is 25.2. The van der Waals surface area contributed by atoms with Crippen molar-refractivity contribution in [3.63, 3.8) is 0 Å². The molecule has 0 spiro atoms. The fourth-order valence-corrected chi connectivity index (χ4v) is 13.7. The Labute approximate surface area is 440 Å². The Kier molecular flexibility index (Phi) is 15.8. The van der Waals surface area contributed by atoms with Crippen LogP contribution in [0.3, 0.4) is 0 Å². The summed E-state index contributed by atoms with van der Waals surface area (Å²) in [4.78, 5) is 77.1. The summed E-state index contributed by atoms with van der Waals surface area (Å²) in [5.74, 6) is -2.99. The fourth-order valence-electron chi connectivity index (χ4n) is 13.7. The van der Waals surface area contributed by atoms with E-state index in [4.69, 9.17) is 9.47 Å². The van der Waals surface area contributed by atoms with Gasteiger partial charge in [0.05, 0.1) is 12.1 Å². The van der Waals surface area contributed by atoms with Gasteiger partial charge < -0.3 is 44.8 Å². The highest BCUT2D eigenvalue weighted by molar-refractivity contribution is 5.90. The highest BCUT2D eigenvalue weighted by Gasteiger charge is 2.58. The summed E-state index contributed by atoms with van der Waals surface area (Å²) in [6.45, 7) is 11.3. The van der Waals surface area contributed by atoms with Crippen LogP contribution < -0.4 is 10.6 Å². The number of rotatable bonds is 8. The van der Waals surface area contributed by atoms with Crippen LogP contribution in [0.1, 0.15) is 154 Å². The van der Waals surface area contributed by atoms with Gasteiger partial charge in [-0.05, 0) is 158 Å². The Bertz CT molecular complexity index is 2770. The lowest BCUT2D eigenvalue weighted by molar-refractivity contribution is -0.186. The van der Waals surface area contributed by atoms with Crippen molar-refractivity contribution in [1.29, 1.82) is 0 Å². The number of hydrogen-bond acceptors (Lipinski definition) is 7. The minimum absolute atomic E-state index is 0.0352. The first-order valence-corrected chi connectivity index (χ1v) is 27.5. The molecule has 76 heavy (non-hydrogen) atoms.